The van der Waals surface area contributed by atoms with E-state index < -0.39 is 23.6 Å². The third-order valence-electron chi connectivity index (χ3n) is 3.98. The zero-order valence-corrected chi connectivity index (χ0v) is 11.6. The van der Waals surface area contributed by atoms with Gasteiger partial charge in [0.2, 0.25) is 0 Å². The summed E-state index contributed by atoms with van der Waals surface area (Å²) in [6.45, 7) is 8.86. The maximum atomic E-state index is 12.8. The molecule has 0 bridgehead atoms. The second kappa shape index (κ2) is 4.83. The van der Waals surface area contributed by atoms with Crippen LogP contribution in [0.2, 0.25) is 0 Å². The molecule has 5 heteroatoms. The van der Waals surface area contributed by atoms with Crippen LogP contribution in [-0.4, -0.2) is 24.5 Å². The summed E-state index contributed by atoms with van der Waals surface area (Å²) in [6.07, 6.45) is -4.25. The summed E-state index contributed by atoms with van der Waals surface area (Å²) in [4.78, 5) is 12.2. The van der Waals surface area contributed by atoms with E-state index in [1.54, 1.807) is 13.8 Å². The number of piperidine rings is 1. The number of rotatable bonds is 1. The van der Waals surface area contributed by atoms with Crippen LogP contribution in [0.25, 0.3) is 0 Å². The van der Waals surface area contributed by atoms with Gasteiger partial charge in [-0.1, -0.05) is 34.6 Å². The van der Waals surface area contributed by atoms with Crippen LogP contribution in [0.4, 0.5) is 13.2 Å². The molecule has 1 saturated heterocycles. The Bertz CT molecular complexity index is 319. The lowest BCUT2D eigenvalue weighted by molar-refractivity contribution is -0.181. The molecule has 0 amide bonds. The molecule has 1 rings (SSSR count). The first-order chi connectivity index (χ1) is 7.96. The van der Waals surface area contributed by atoms with Gasteiger partial charge in [-0.05, 0) is 11.8 Å². The van der Waals surface area contributed by atoms with Crippen LogP contribution in [-0.2, 0) is 4.79 Å². The lowest BCUT2D eigenvalue weighted by Gasteiger charge is -2.42. The highest BCUT2D eigenvalue weighted by Gasteiger charge is 2.50. The molecule has 0 radical (unpaired) electrons. The van der Waals surface area contributed by atoms with Gasteiger partial charge in [-0.2, -0.15) is 13.2 Å². The minimum atomic E-state index is -4.25. The first kappa shape index (κ1) is 15.5. The highest BCUT2D eigenvalue weighted by atomic mass is 19.4. The molecule has 1 N–H and O–H groups in total. The van der Waals surface area contributed by atoms with Crippen LogP contribution in [0, 0.1) is 23.2 Å². The minimum absolute atomic E-state index is 0.0370. The SMILES string of the molecule is CC1C(C(=O)C(C)(C)C)CNC(C(F)(F)F)C1C. The molecular formula is C13H22F3NO. The van der Waals surface area contributed by atoms with Crippen LogP contribution >= 0.6 is 0 Å². The van der Waals surface area contributed by atoms with Crippen molar-refractivity contribution >= 4 is 5.78 Å². The first-order valence-corrected chi connectivity index (χ1v) is 6.30. The van der Waals surface area contributed by atoms with Gasteiger partial charge in [0.1, 0.15) is 11.8 Å². The number of carbonyl (C=O) groups is 1. The first-order valence-electron chi connectivity index (χ1n) is 6.30. The zero-order chi connectivity index (χ0) is 14.3. The maximum Gasteiger partial charge on any atom is 0.404 e. The molecule has 0 aliphatic carbocycles. The molecule has 1 fully saturated rings. The van der Waals surface area contributed by atoms with Crippen molar-refractivity contribution in [3.8, 4) is 0 Å². The molecule has 18 heavy (non-hydrogen) atoms. The zero-order valence-electron chi connectivity index (χ0n) is 11.6. The largest absolute Gasteiger partial charge is 0.404 e. The van der Waals surface area contributed by atoms with Crippen molar-refractivity contribution in [2.45, 2.75) is 46.8 Å². The van der Waals surface area contributed by atoms with Gasteiger partial charge in [0.15, 0.2) is 0 Å². The predicted molar refractivity (Wildman–Crippen MR) is 64.1 cm³/mol. The van der Waals surface area contributed by atoms with E-state index in [4.69, 9.17) is 0 Å². The standard InChI is InChI=1S/C13H22F3NO/c1-7-8(2)10(13(14,15)16)17-6-9(7)11(18)12(3,4)5/h7-10,17H,6H2,1-5H3. The van der Waals surface area contributed by atoms with Gasteiger partial charge >= 0.3 is 6.18 Å². The molecule has 4 atom stereocenters. The molecule has 4 unspecified atom stereocenters. The summed E-state index contributed by atoms with van der Waals surface area (Å²) in [6, 6.07) is -1.50. The van der Waals surface area contributed by atoms with E-state index in [0.29, 0.717) is 0 Å². The second-order valence-corrected chi connectivity index (χ2v) is 6.37. The van der Waals surface area contributed by atoms with Crippen LogP contribution in [0.15, 0.2) is 0 Å². The van der Waals surface area contributed by atoms with E-state index >= 15 is 0 Å². The third kappa shape index (κ3) is 3.05. The van der Waals surface area contributed by atoms with Crippen molar-refractivity contribution in [1.29, 1.82) is 0 Å². The van der Waals surface area contributed by atoms with Crippen LogP contribution in [0.3, 0.4) is 0 Å². The summed E-state index contributed by atoms with van der Waals surface area (Å²) >= 11 is 0. The number of carbonyl (C=O) groups excluding carboxylic acids is 1. The van der Waals surface area contributed by atoms with E-state index in [2.05, 4.69) is 5.32 Å². The van der Waals surface area contributed by atoms with Crippen molar-refractivity contribution in [2.24, 2.45) is 23.2 Å². The van der Waals surface area contributed by atoms with Gasteiger partial charge in [0.05, 0.1) is 0 Å². The lowest BCUT2D eigenvalue weighted by Crippen LogP contribution is -2.58. The maximum absolute atomic E-state index is 12.8. The van der Waals surface area contributed by atoms with E-state index in [-0.39, 0.29) is 24.2 Å². The molecule has 0 aromatic rings. The normalized spacial score (nSPS) is 34.4. The predicted octanol–water partition coefficient (Wildman–Crippen LogP) is 3.02. The lowest BCUT2D eigenvalue weighted by atomic mass is 9.69. The van der Waals surface area contributed by atoms with Gasteiger partial charge in [0.25, 0.3) is 0 Å². The number of alkyl halides is 3. The van der Waals surface area contributed by atoms with Crippen molar-refractivity contribution in [3.05, 3.63) is 0 Å². The Balaban J connectivity index is 2.85. The molecule has 1 heterocycles. The Labute approximate surface area is 106 Å². The summed E-state index contributed by atoms with van der Waals surface area (Å²) in [7, 11) is 0. The van der Waals surface area contributed by atoms with Crippen LogP contribution < -0.4 is 5.32 Å². The van der Waals surface area contributed by atoms with E-state index in [9.17, 15) is 18.0 Å². The number of hydrogen-bond donors (Lipinski definition) is 1. The topological polar surface area (TPSA) is 29.1 Å². The fourth-order valence-corrected chi connectivity index (χ4v) is 2.60. The Morgan fingerprint density at radius 1 is 1.11 bits per heavy atom. The van der Waals surface area contributed by atoms with Crippen LogP contribution in [0.5, 0.6) is 0 Å². The number of nitrogens with one attached hydrogen (secondary N) is 1. The number of ketones is 1. The molecule has 2 nitrogen and oxygen atoms in total. The monoisotopic (exact) mass is 265 g/mol. The van der Waals surface area contributed by atoms with Crippen molar-refractivity contribution in [1.82, 2.24) is 5.32 Å². The van der Waals surface area contributed by atoms with Gasteiger partial charge in [-0.3, -0.25) is 4.79 Å². The van der Waals surface area contributed by atoms with Gasteiger partial charge in [-0.25, -0.2) is 0 Å². The molecular weight excluding hydrogens is 243 g/mol. The molecule has 1 aliphatic heterocycles. The summed E-state index contributed by atoms with van der Waals surface area (Å²) in [5.41, 5.74) is -0.509. The summed E-state index contributed by atoms with van der Waals surface area (Å²) in [5.74, 6) is -1.15. The molecule has 0 aromatic carbocycles. The van der Waals surface area contributed by atoms with Crippen molar-refractivity contribution in [3.63, 3.8) is 0 Å². The van der Waals surface area contributed by atoms with Gasteiger partial charge in [-0.15, -0.1) is 0 Å². The average molecular weight is 265 g/mol. The Morgan fingerprint density at radius 3 is 2.00 bits per heavy atom. The Morgan fingerprint density at radius 2 is 1.61 bits per heavy atom. The fourth-order valence-electron chi connectivity index (χ4n) is 2.60. The van der Waals surface area contributed by atoms with Crippen LogP contribution in [0.1, 0.15) is 34.6 Å². The van der Waals surface area contributed by atoms with Crippen molar-refractivity contribution < 1.29 is 18.0 Å². The number of Topliss-reactive ketones (excluding diaryl/α,β-unsaturated/α-hetero) is 1. The molecule has 0 saturated carbocycles. The second-order valence-electron chi connectivity index (χ2n) is 6.37. The fraction of sp³-hybridized carbons (Fsp3) is 0.923. The van der Waals surface area contributed by atoms with Crippen molar-refractivity contribution in [2.75, 3.05) is 6.54 Å². The van der Waals surface area contributed by atoms with E-state index in [1.165, 1.54) is 0 Å². The average Bonchev–Trinajstić information content (AvgIpc) is 2.17. The highest BCUT2D eigenvalue weighted by molar-refractivity contribution is 5.86. The highest BCUT2D eigenvalue weighted by Crippen LogP contribution is 2.38. The molecule has 0 spiro atoms. The third-order valence-corrected chi connectivity index (χ3v) is 3.98. The van der Waals surface area contributed by atoms with E-state index in [1.807, 2.05) is 20.8 Å². The number of halogens is 3. The molecule has 106 valence electrons. The molecule has 0 aromatic heterocycles. The van der Waals surface area contributed by atoms with E-state index in [0.717, 1.165) is 0 Å². The Kier molecular flexibility index (Phi) is 4.16. The Hall–Kier alpha value is -0.580. The molecule has 1 aliphatic rings. The summed E-state index contributed by atoms with van der Waals surface area (Å²) in [5, 5.41) is 2.50. The quantitative estimate of drug-likeness (QED) is 0.789. The smallest absolute Gasteiger partial charge is 0.305 e. The van der Waals surface area contributed by atoms with Gasteiger partial charge < -0.3 is 5.32 Å². The number of hydrogen-bond acceptors (Lipinski definition) is 2. The van der Waals surface area contributed by atoms with Gasteiger partial charge in [0, 0.05) is 17.9 Å². The summed E-state index contributed by atoms with van der Waals surface area (Å²) < 4.78 is 38.3. The minimum Gasteiger partial charge on any atom is -0.305 e.